The quantitative estimate of drug-likeness (QED) is 0.913. The molecule has 3 nitrogen and oxygen atoms in total. The zero-order valence-corrected chi connectivity index (χ0v) is 11.2. The fourth-order valence-electron chi connectivity index (χ4n) is 2.18. The van der Waals surface area contributed by atoms with Crippen LogP contribution >= 0.6 is 15.9 Å². The van der Waals surface area contributed by atoms with E-state index in [-0.39, 0.29) is 22.3 Å². The summed E-state index contributed by atoms with van der Waals surface area (Å²) in [5, 5.41) is 11.8. The Morgan fingerprint density at radius 3 is 2.94 bits per heavy atom. The minimum Gasteiger partial charge on any atom is -0.348 e. The summed E-state index contributed by atoms with van der Waals surface area (Å²) < 4.78 is 13.3. The third-order valence-corrected chi connectivity index (χ3v) is 3.79. The number of carbonyl (C=O) groups is 1. The molecule has 0 heterocycles. The molecule has 18 heavy (non-hydrogen) atoms. The monoisotopic (exact) mass is 310 g/mol. The van der Waals surface area contributed by atoms with Crippen LogP contribution in [0.4, 0.5) is 4.39 Å². The van der Waals surface area contributed by atoms with E-state index in [1.165, 1.54) is 18.2 Å². The van der Waals surface area contributed by atoms with Crippen molar-refractivity contribution in [1.29, 1.82) is 5.26 Å². The molecule has 2 atom stereocenters. The molecule has 2 rings (SSSR count). The van der Waals surface area contributed by atoms with Crippen LogP contribution in [0.5, 0.6) is 0 Å². The van der Waals surface area contributed by atoms with Crippen LogP contribution in [0, 0.1) is 23.1 Å². The minimum absolute atomic E-state index is 0.0914. The van der Waals surface area contributed by atoms with Crippen molar-refractivity contribution < 1.29 is 9.18 Å². The van der Waals surface area contributed by atoms with Crippen LogP contribution in [0.15, 0.2) is 22.7 Å². The van der Waals surface area contributed by atoms with E-state index >= 15 is 0 Å². The number of nitrogens with zero attached hydrogens (tertiary/aromatic N) is 1. The molecule has 1 aromatic carbocycles. The number of amides is 1. The van der Waals surface area contributed by atoms with Crippen molar-refractivity contribution in [3.63, 3.8) is 0 Å². The summed E-state index contributed by atoms with van der Waals surface area (Å²) in [4.78, 5) is 12.0. The lowest BCUT2D eigenvalue weighted by Gasteiger charge is -2.15. The first kappa shape index (κ1) is 13.0. The number of hydrogen-bond donors (Lipinski definition) is 1. The first-order chi connectivity index (χ1) is 8.61. The Kier molecular flexibility index (Phi) is 3.97. The van der Waals surface area contributed by atoms with Gasteiger partial charge in [0.2, 0.25) is 0 Å². The Labute approximate surface area is 113 Å². The summed E-state index contributed by atoms with van der Waals surface area (Å²) in [6.07, 6.45) is 2.61. The van der Waals surface area contributed by atoms with Crippen LogP contribution in [0.3, 0.4) is 0 Å². The summed E-state index contributed by atoms with van der Waals surface area (Å²) in [6.45, 7) is 0. The molecule has 0 saturated heterocycles. The molecule has 2 unspecified atom stereocenters. The van der Waals surface area contributed by atoms with E-state index in [0.717, 1.165) is 19.3 Å². The summed E-state index contributed by atoms with van der Waals surface area (Å²) in [5.74, 6) is -0.775. The highest BCUT2D eigenvalue weighted by Gasteiger charge is 2.28. The maximum Gasteiger partial charge on any atom is 0.251 e. The number of hydrogen-bond acceptors (Lipinski definition) is 2. The molecule has 1 aromatic rings. The van der Waals surface area contributed by atoms with Crippen LogP contribution in [-0.2, 0) is 0 Å². The summed E-state index contributed by atoms with van der Waals surface area (Å²) in [5.41, 5.74) is 0.395. The van der Waals surface area contributed by atoms with E-state index in [2.05, 4.69) is 27.3 Å². The van der Waals surface area contributed by atoms with Gasteiger partial charge in [0.05, 0.1) is 16.5 Å². The second-order valence-electron chi connectivity index (χ2n) is 4.38. The Balaban J connectivity index is 2.08. The van der Waals surface area contributed by atoms with Crippen molar-refractivity contribution in [3.05, 3.63) is 34.1 Å². The molecule has 0 aromatic heterocycles. The van der Waals surface area contributed by atoms with E-state index < -0.39 is 5.82 Å². The molecule has 0 radical (unpaired) electrons. The standard InChI is InChI=1S/C13H12BrFN2O/c14-10-6-8(4-5-11(10)15)13(18)17-12-3-1-2-9(12)7-16/h4-6,9,12H,1-3H2,(H,17,18). The molecular formula is C13H12BrFN2O. The first-order valence-electron chi connectivity index (χ1n) is 5.77. The number of nitrogens with one attached hydrogen (secondary N) is 1. The molecule has 1 aliphatic rings. The van der Waals surface area contributed by atoms with Gasteiger partial charge in [0.15, 0.2) is 0 Å². The molecule has 1 N–H and O–H groups in total. The molecule has 1 fully saturated rings. The van der Waals surface area contributed by atoms with Crippen LogP contribution in [0.2, 0.25) is 0 Å². The van der Waals surface area contributed by atoms with Gasteiger partial charge >= 0.3 is 0 Å². The van der Waals surface area contributed by atoms with Gasteiger partial charge in [0, 0.05) is 11.6 Å². The van der Waals surface area contributed by atoms with E-state index in [0.29, 0.717) is 5.56 Å². The van der Waals surface area contributed by atoms with E-state index in [1.807, 2.05) is 0 Å². The lowest BCUT2D eigenvalue weighted by atomic mass is 10.1. The van der Waals surface area contributed by atoms with Gasteiger partial charge in [0.1, 0.15) is 5.82 Å². The third-order valence-electron chi connectivity index (χ3n) is 3.18. The normalized spacial score (nSPS) is 22.5. The van der Waals surface area contributed by atoms with Gasteiger partial charge in [0.25, 0.3) is 5.91 Å². The molecule has 1 saturated carbocycles. The Morgan fingerprint density at radius 2 is 2.28 bits per heavy atom. The maximum atomic E-state index is 13.1. The van der Waals surface area contributed by atoms with Crippen molar-refractivity contribution >= 4 is 21.8 Å². The number of nitriles is 1. The van der Waals surface area contributed by atoms with Crippen molar-refractivity contribution in [3.8, 4) is 6.07 Å². The predicted octanol–water partition coefficient (Wildman–Crippen LogP) is 3.01. The molecular weight excluding hydrogens is 299 g/mol. The summed E-state index contributed by atoms with van der Waals surface area (Å²) >= 11 is 3.05. The van der Waals surface area contributed by atoms with Crippen LogP contribution in [-0.4, -0.2) is 11.9 Å². The molecule has 5 heteroatoms. The van der Waals surface area contributed by atoms with Crippen molar-refractivity contribution in [2.24, 2.45) is 5.92 Å². The highest BCUT2D eigenvalue weighted by Crippen LogP contribution is 2.25. The Hall–Kier alpha value is -1.41. The van der Waals surface area contributed by atoms with E-state index in [9.17, 15) is 9.18 Å². The molecule has 0 aliphatic heterocycles. The van der Waals surface area contributed by atoms with Gasteiger partial charge in [-0.1, -0.05) is 0 Å². The van der Waals surface area contributed by atoms with Gasteiger partial charge in [-0.15, -0.1) is 0 Å². The predicted molar refractivity (Wildman–Crippen MR) is 68.3 cm³/mol. The number of halogens is 2. The highest BCUT2D eigenvalue weighted by atomic mass is 79.9. The second-order valence-corrected chi connectivity index (χ2v) is 5.23. The zero-order chi connectivity index (χ0) is 13.1. The fourth-order valence-corrected chi connectivity index (χ4v) is 2.56. The minimum atomic E-state index is -0.401. The van der Waals surface area contributed by atoms with Crippen LogP contribution in [0.1, 0.15) is 29.6 Å². The fraction of sp³-hybridized carbons (Fsp3) is 0.385. The number of rotatable bonds is 2. The lowest BCUT2D eigenvalue weighted by molar-refractivity contribution is 0.0932. The second kappa shape index (κ2) is 5.49. The number of carbonyl (C=O) groups excluding carboxylic acids is 1. The van der Waals surface area contributed by atoms with E-state index in [1.54, 1.807) is 0 Å². The van der Waals surface area contributed by atoms with Crippen molar-refractivity contribution in [2.75, 3.05) is 0 Å². The van der Waals surface area contributed by atoms with Gasteiger partial charge in [-0.05, 0) is 53.4 Å². The smallest absolute Gasteiger partial charge is 0.251 e. The van der Waals surface area contributed by atoms with Gasteiger partial charge in [-0.25, -0.2) is 4.39 Å². The molecule has 94 valence electrons. The maximum absolute atomic E-state index is 13.1. The van der Waals surface area contributed by atoms with E-state index in [4.69, 9.17) is 5.26 Å². The number of benzene rings is 1. The zero-order valence-electron chi connectivity index (χ0n) is 9.62. The average Bonchev–Trinajstić information content (AvgIpc) is 2.79. The lowest BCUT2D eigenvalue weighted by Crippen LogP contribution is -2.36. The topological polar surface area (TPSA) is 52.9 Å². The summed E-state index contributed by atoms with van der Waals surface area (Å²) in [6, 6.07) is 6.24. The van der Waals surface area contributed by atoms with Gasteiger partial charge in [-0.2, -0.15) is 5.26 Å². The molecule has 1 amide bonds. The average molecular weight is 311 g/mol. The Bertz CT molecular complexity index is 512. The third kappa shape index (κ3) is 2.70. The van der Waals surface area contributed by atoms with Crippen LogP contribution < -0.4 is 5.32 Å². The molecule has 0 bridgehead atoms. The highest BCUT2D eigenvalue weighted by molar-refractivity contribution is 9.10. The van der Waals surface area contributed by atoms with Gasteiger partial charge in [-0.3, -0.25) is 4.79 Å². The largest absolute Gasteiger partial charge is 0.348 e. The van der Waals surface area contributed by atoms with Crippen molar-refractivity contribution in [1.82, 2.24) is 5.32 Å². The first-order valence-corrected chi connectivity index (χ1v) is 6.56. The van der Waals surface area contributed by atoms with Crippen molar-refractivity contribution in [2.45, 2.75) is 25.3 Å². The Morgan fingerprint density at radius 1 is 1.50 bits per heavy atom. The summed E-state index contributed by atoms with van der Waals surface area (Å²) in [7, 11) is 0. The van der Waals surface area contributed by atoms with Crippen LogP contribution in [0.25, 0.3) is 0 Å². The van der Waals surface area contributed by atoms with Gasteiger partial charge < -0.3 is 5.32 Å². The molecule has 0 spiro atoms. The molecule has 1 aliphatic carbocycles. The SMILES string of the molecule is N#CC1CCCC1NC(=O)c1ccc(F)c(Br)c1.